The molecule has 0 bridgehead atoms. The fourth-order valence-electron chi connectivity index (χ4n) is 5.46. The summed E-state index contributed by atoms with van der Waals surface area (Å²) in [6.45, 7) is 5.90. The fraction of sp³-hybridized carbons (Fsp3) is 0.882. The summed E-state index contributed by atoms with van der Waals surface area (Å²) in [5, 5.41) is 3.07. The van der Waals surface area contributed by atoms with Gasteiger partial charge in [0.15, 0.2) is 0 Å². The molecule has 1 N–H and O–H groups in total. The minimum atomic E-state index is 0.0195. The number of hydrogen-bond acceptors (Lipinski definition) is 3. The van der Waals surface area contributed by atoms with E-state index >= 15 is 0 Å². The molecule has 7 atom stereocenters. The highest BCUT2D eigenvalue weighted by atomic mass is 16.6. The number of ether oxygens (including phenoxy) is 1. The van der Waals surface area contributed by atoms with Crippen LogP contribution in [0.15, 0.2) is 0 Å². The Kier molecular flexibility index (Phi) is 3.98. The molecule has 0 radical (unpaired) electrons. The minimum absolute atomic E-state index is 0.0195. The van der Waals surface area contributed by atoms with Crippen molar-refractivity contribution in [1.82, 2.24) is 5.32 Å². The first kappa shape index (κ1) is 14.9. The maximum absolute atomic E-state index is 12.1. The van der Waals surface area contributed by atoms with Crippen LogP contribution in [-0.2, 0) is 14.3 Å². The molecule has 0 aromatic rings. The lowest BCUT2D eigenvalue weighted by molar-refractivity contribution is -0.144. The van der Waals surface area contributed by atoms with Crippen LogP contribution in [0.4, 0.5) is 0 Å². The van der Waals surface area contributed by atoms with E-state index in [0.717, 1.165) is 25.7 Å². The number of carbonyl (C=O) groups is 2. The zero-order chi connectivity index (χ0) is 15.1. The molecule has 0 spiro atoms. The van der Waals surface area contributed by atoms with E-state index in [2.05, 4.69) is 19.2 Å². The molecular formula is C17H27NO3. The first-order chi connectivity index (χ1) is 10.0. The number of hydrogen-bond donors (Lipinski definition) is 1. The summed E-state index contributed by atoms with van der Waals surface area (Å²) in [5.41, 5.74) is 0. The largest absolute Gasteiger partial charge is 0.462 e. The van der Waals surface area contributed by atoms with Gasteiger partial charge in [-0.1, -0.05) is 13.3 Å². The second-order valence-electron chi connectivity index (χ2n) is 7.27. The van der Waals surface area contributed by atoms with Crippen molar-refractivity contribution in [2.75, 3.05) is 0 Å². The zero-order valence-corrected chi connectivity index (χ0v) is 13.3. The van der Waals surface area contributed by atoms with Crippen LogP contribution < -0.4 is 5.32 Å². The molecule has 0 aromatic heterocycles. The Morgan fingerprint density at radius 3 is 2.76 bits per heavy atom. The van der Waals surface area contributed by atoms with E-state index in [-0.39, 0.29) is 23.9 Å². The first-order valence-corrected chi connectivity index (χ1v) is 8.48. The van der Waals surface area contributed by atoms with Gasteiger partial charge in [0.2, 0.25) is 5.91 Å². The second kappa shape index (κ2) is 5.62. The summed E-state index contributed by atoms with van der Waals surface area (Å²) in [5.74, 6) is 2.48. The fourth-order valence-corrected chi connectivity index (χ4v) is 5.46. The van der Waals surface area contributed by atoms with Gasteiger partial charge < -0.3 is 10.1 Å². The Hall–Kier alpha value is -1.06. The first-order valence-electron chi connectivity index (χ1n) is 8.48. The van der Waals surface area contributed by atoms with Gasteiger partial charge in [-0.05, 0) is 50.4 Å². The molecule has 0 aromatic carbocycles. The second-order valence-corrected chi connectivity index (χ2v) is 7.27. The quantitative estimate of drug-likeness (QED) is 0.796. The maximum atomic E-state index is 12.1. The van der Waals surface area contributed by atoms with Gasteiger partial charge in [-0.2, -0.15) is 0 Å². The number of cyclic esters (lactones) is 1. The van der Waals surface area contributed by atoms with Gasteiger partial charge in [-0.15, -0.1) is 0 Å². The molecular weight excluding hydrogens is 266 g/mol. The molecule has 2 aliphatic carbocycles. The predicted molar refractivity (Wildman–Crippen MR) is 79.4 cm³/mol. The molecule has 1 aliphatic heterocycles. The lowest BCUT2D eigenvalue weighted by Gasteiger charge is -2.48. The third-order valence-electron chi connectivity index (χ3n) is 6.13. The number of amides is 1. The van der Waals surface area contributed by atoms with Crippen LogP contribution in [0, 0.1) is 29.6 Å². The maximum Gasteiger partial charge on any atom is 0.309 e. The minimum Gasteiger partial charge on any atom is -0.462 e. The summed E-state index contributed by atoms with van der Waals surface area (Å²) in [7, 11) is 0. The summed E-state index contributed by atoms with van der Waals surface area (Å²) in [6, 6.07) is 0.299. The van der Waals surface area contributed by atoms with Crippen molar-refractivity contribution in [1.29, 1.82) is 0 Å². The van der Waals surface area contributed by atoms with E-state index < -0.39 is 0 Å². The Balaban J connectivity index is 1.77. The van der Waals surface area contributed by atoms with Gasteiger partial charge in [-0.3, -0.25) is 9.59 Å². The van der Waals surface area contributed by atoms with Crippen LogP contribution in [0.3, 0.4) is 0 Å². The van der Waals surface area contributed by atoms with E-state index in [1.807, 2.05) is 0 Å². The molecule has 1 saturated heterocycles. The van der Waals surface area contributed by atoms with E-state index in [0.29, 0.717) is 29.7 Å². The molecule has 21 heavy (non-hydrogen) atoms. The van der Waals surface area contributed by atoms with Gasteiger partial charge in [-0.25, -0.2) is 0 Å². The van der Waals surface area contributed by atoms with Crippen LogP contribution in [-0.4, -0.2) is 24.0 Å². The molecule has 1 amide bonds. The predicted octanol–water partition coefficient (Wildman–Crippen LogP) is 2.52. The molecule has 3 rings (SSSR count). The van der Waals surface area contributed by atoms with Gasteiger partial charge in [0.1, 0.15) is 6.10 Å². The topological polar surface area (TPSA) is 55.4 Å². The third kappa shape index (κ3) is 2.58. The number of rotatable bonds is 2. The highest BCUT2D eigenvalue weighted by Crippen LogP contribution is 2.53. The Morgan fingerprint density at radius 2 is 2.10 bits per heavy atom. The van der Waals surface area contributed by atoms with Crippen molar-refractivity contribution >= 4 is 11.9 Å². The van der Waals surface area contributed by atoms with Crippen LogP contribution in [0.5, 0.6) is 0 Å². The van der Waals surface area contributed by atoms with Crippen molar-refractivity contribution in [3.63, 3.8) is 0 Å². The van der Waals surface area contributed by atoms with Crippen LogP contribution in [0.2, 0.25) is 0 Å². The number of fused-ring (bicyclic) bond motifs is 2. The third-order valence-corrected chi connectivity index (χ3v) is 6.13. The molecule has 3 fully saturated rings. The Morgan fingerprint density at radius 1 is 1.33 bits per heavy atom. The summed E-state index contributed by atoms with van der Waals surface area (Å²) >= 11 is 0. The molecule has 118 valence electrons. The average Bonchev–Trinajstić information content (AvgIpc) is 2.70. The van der Waals surface area contributed by atoms with Crippen LogP contribution in [0.1, 0.15) is 52.9 Å². The Labute approximate surface area is 127 Å². The standard InChI is InChI=1S/C17H27NO3/c1-4-13-14-6-5-12(18-10(3)19)7-11(14)8-15-16(13)9(2)21-17(15)20/h9,11-16H,4-8H2,1-3H3,(H,18,19)/t9?,11?,12?,13?,14-,15?,16-/m1/s1. The van der Waals surface area contributed by atoms with Gasteiger partial charge in [0.25, 0.3) is 0 Å². The van der Waals surface area contributed by atoms with Gasteiger partial charge in [0, 0.05) is 18.9 Å². The van der Waals surface area contributed by atoms with Gasteiger partial charge in [0.05, 0.1) is 5.92 Å². The molecule has 5 unspecified atom stereocenters. The SMILES string of the molecule is CCC1[C@@H]2CCC(NC(C)=O)CC2CC2C(=O)OC(C)[C@@H]21. The van der Waals surface area contributed by atoms with Crippen LogP contribution in [0.25, 0.3) is 0 Å². The van der Waals surface area contributed by atoms with E-state index in [9.17, 15) is 9.59 Å². The van der Waals surface area contributed by atoms with Crippen molar-refractivity contribution in [2.45, 2.75) is 65.0 Å². The number of esters is 1. The monoisotopic (exact) mass is 293 g/mol. The molecule has 1 heterocycles. The van der Waals surface area contributed by atoms with Crippen LogP contribution >= 0.6 is 0 Å². The normalized spacial score (nSPS) is 45.5. The summed E-state index contributed by atoms with van der Waals surface area (Å²) in [4.78, 5) is 23.4. The van der Waals surface area contributed by atoms with Crippen molar-refractivity contribution < 1.29 is 14.3 Å². The lowest BCUT2D eigenvalue weighted by atomic mass is 9.56. The van der Waals surface area contributed by atoms with Gasteiger partial charge >= 0.3 is 5.97 Å². The zero-order valence-electron chi connectivity index (χ0n) is 13.3. The molecule has 2 saturated carbocycles. The molecule has 3 aliphatic rings. The average molecular weight is 293 g/mol. The van der Waals surface area contributed by atoms with E-state index in [1.165, 1.54) is 6.42 Å². The van der Waals surface area contributed by atoms with Crippen molar-refractivity contribution in [3.05, 3.63) is 0 Å². The highest BCUT2D eigenvalue weighted by Gasteiger charge is 2.54. The van der Waals surface area contributed by atoms with Crippen molar-refractivity contribution in [2.24, 2.45) is 29.6 Å². The van der Waals surface area contributed by atoms with Crippen molar-refractivity contribution in [3.8, 4) is 0 Å². The van der Waals surface area contributed by atoms with E-state index in [1.54, 1.807) is 6.92 Å². The van der Waals surface area contributed by atoms with E-state index in [4.69, 9.17) is 4.74 Å². The highest BCUT2D eigenvalue weighted by molar-refractivity contribution is 5.75. The Bertz CT molecular complexity index is 436. The number of carbonyl (C=O) groups excluding carboxylic acids is 2. The lowest BCUT2D eigenvalue weighted by Crippen LogP contribution is -2.48. The summed E-state index contributed by atoms with van der Waals surface area (Å²) in [6.07, 6.45) is 5.47. The summed E-state index contributed by atoms with van der Waals surface area (Å²) < 4.78 is 5.53. The molecule has 4 nitrogen and oxygen atoms in total. The number of nitrogens with one attached hydrogen (secondary N) is 1. The molecule has 4 heteroatoms. The smallest absolute Gasteiger partial charge is 0.309 e.